The maximum absolute atomic E-state index is 13.6. The number of allylic oxidation sites excluding steroid dienone is 1. The Bertz CT molecular complexity index is 1410. The van der Waals surface area contributed by atoms with Gasteiger partial charge in [-0.1, -0.05) is 12.1 Å². The Kier molecular flexibility index (Phi) is 8.34. The summed E-state index contributed by atoms with van der Waals surface area (Å²) in [7, 11) is 2.73. The minimum Gasteiger partial charge on any atom is -0.468 e. The second-order valence-corrected chi connectivity index (χ2v) is 9.83. The molecule has 3 aromatic rings. The third kappa shape index (κ3) is 5.67. The van der Waals surface area contributed by atoms with Gasteiger partial charge < -0.3 is 19.7 Å². The number of amides is 2. The van der Waals surface area contributed by atoms with Crippen LogP contribution in [0.25, 0.3) is 11.0 Å². The average Bonchev–Trinajstić information content (AvgIpc) is 3.47. The molecule has 0 aliphatic carbocycles. The van der Waals surface area contributed by atoms with E-state index < -0.39 is 18.0 Å². The minimum atomic E-state index is -0.855. The fourth-order valence-corrected chi connectivity index (χ4v) is 5.35. The van der Waals surface area contributed by atoms with E-state index >= 15 is 0 Å². The molecular weight excluding hydrogens is 514 g/mol. The predicted octanol–water partition coefficient (Wildman–Crippen LogP) is 3.40. The number of piperidine rings is 1. The second kappa shape index (κ2) is 12.2. The van der Waals surface area contributed by atoms with Crippen molar-refractivity contribution in [3.63, 3.8) is 0 Å². The van der Waals surface area contributed by atoms with Gasteiger partial charge in [0.05, 0.1) is 25.5 Å². The zero-order valence-corrected chi connectivity index (χ0v) is 22.9. The van der Waals surface area contributed by atoms with E-state index in [1.54, 1.807) is 25.1 Å². The van der Waals surface area contributed by atoms with Crippen LogP contribution in [0.5, 0.6) is 0 Å². The molecule has 4 heterocycles. The van der Waals surface area contributed by atoms with Gasteiger partial charge in [0.15, 0.2) is 0 Å². The van der Waals surface area contributed by atoms with Gasteiger partial charge in [0.1, 0.15) is 17.1 Å². The van der Waals surface area contributed by atoms with E-state index in [0.717, 1.165) is 44.6 Å². The lowest BCUT2D eigenvalue weighted by Gasteiger charge is -2.35. The zero-order valence-electron chi connectivity index (χ0n) is 22.9. The third-order valence-corrected chi connectivity index (χ3v) is 7.41. The molecule has 5 rings (SSSR count). The molecule has 0 bridgehead atoms. The number of rotatable bonds is 7. The van der Waals surface area contributed by atoms with Crippen LogP contribution in [0.3, 0.4) is 0 Å². The van der Waals surface area contributed by atoms with Crippen LogP contribution < -0.4 is 5.32 Å². The highest BCUT2D eigenvalue weighted by Crippen LogP contribution is 2.37. The van der Waals surface area contributed by atoms with Crippen molar-refractivity contribution in [2.24, 2.45) is 4.99 Å². The SMILES string of the molecule is COC(=O)C1=C(C)N=C(OC)N(C(=O)NCCCN2CCC(c3ccccn3)CC2)C1c1ccc2nonc2c1. The number of hydrogen-bond donors (Lipinski definition) is 1. The Morgan fingerprint density at radius 2 is 1.90 bits per heavy atom. The molecule has 1 aromatic carbocycles. The molecule has 1 unspecified atom stereocenters. The number of amidine groups is 1. The highest BCUT2D eigenvalue weighted by atomic mass is 16.6. The van der Waals surface area contributed by atoms with E-state index in [4.69, 9.17) is 14.1 Å². The van der Waals surface area contributed by atoms with E-state index in [1.807, 2.05) is 18.3 Å². The number of fused-ring (bicyclic) bond motifs is 1. The van der Waals surface area contributed by atoms with Crippen molar-refractivity contribution in [1.29, 1.82) is 0 Å². The summed E-state index contributed by atoms with van der Waals surface area (Å²) in [4.78, 5) is 39.1. The quantitative estimate of drug-likeness (QED) is 0.349. The van der Waals surface area contributed by atoms with Crippen molar-refractivity contribution in [2.45, 2.75) is 38.1 Å². The number of likely N-dealkylation sites (tertiary alicyclic amines) is 1. The number of urea groups is 1. The molecule has 1 saturated heterocycles. The molecule has 0 spiro atoms. The topological polar surface area (TPSA) is 135 Å². The van der Waals surface area contributed by atoms with Crippen LogP contribution in [0.2, 0.25) is 0 Å². The van der Waals surface area contributed by atoms with Crippen molar-refractivity contribution in [3.8, 4) is 0 Å². The number of nitrogens with zero attached hydrogens (tertiary/aromatic N) is 6. The molecule has 210 valence electrons. The number of aliphatic imine (C=N–C) groups is 1. The Morgan fingerprint density at radius 3 is 2.62 bits per heavy atom. The van der Waals surface area contributed by atoms with Gasteiger partial charge in [-0.15, -0.1) is 0 Å². The molecule has 2 aromatic heterocycles. The maximum Gasteiger partial charge on any atom is 0.338 e. The molecule has 12 heteroatoms. The van der Waals surface area contributed by atoms with E-state index in [-0.39, 0.29) is 11.6 Å². The molecule has 2 aliphatic heterocycles. The lowest BCUT2D eigenvalue weighted by Crippen LogP contribution is -2.50. The second-order valence-electron chi connectivity index (χ2n) is 9.83. The summed E-state index contributed by atoms with van der Waals surface area (Å²) in [5.74, 6) is -0.0978. The minimum absolute atomic E-state index is 0.0719. The third-order valence-electron chi connectivity index (χ3n) is 7.41. The van der Waals surface area contributed by atoms with Gasteiger partial charge in [-0.3, -0.25) is 4.98 Å². The zero-order chi connectivity index (χ0) is 28.1. The standard InChI is InChI=1S/C28H33N7O5/c1-18-24(26(36)38-2)25(20-8-9-22-23(17-20)33-40-32-22)35(28(31-18)39-3)27(37)30-13-6-14-34-15-10-19(11-16-34)21-7-4-5-12-29-21/h4-5,7-9,12,17,19,25H,6,10-11,13-16H2,1-3H3,(H,30,37). The Balaban J connectivity index is 1.26. The number of esters is 1. The van der Waals surface area contributed by atoms with Gasteiger partial charge in [-0.25, -0.2) is 24.1 Å². The molecular formula is C28H33N7O5. The molecule has 0 saturated carbocycles. The van der Waals surface area contributed by atoms with E-state index in [2.05, 4.69) is 36.6 Å². The van der Waals surface area contributed by atoms with Gasteiger partial charge in [0.25, 0.3) is 0 Å². The van der Waals surface area contributed by atoms with Crippen LogP contribution in [0, 0.1) is 0 Å². The van der Waals surface area contributed by atoms with Gasteiger partial charge >= 0.3 is 18.0 Å². The number of nitrogens with one attached hydrogen (secondary N) is 1. The number of carbonyl (C=O) groups excluding carboxylic acids is 2. The lowest BCUT2D eigenvalue weighted by molar-refractivity contribution is -0.136. The first-order valence-corrected chi connectivity index (χ1v) is 13.3. The Labute approximate surface area is 232 Å². The summed E-state index contributed by atoms with van der Waals surface area (Å²) in [5, 5.41) is 10.7. The van der Waals surface area contributed by atoms with Gasteiger partial charge in [-0.05, 0) is 86.0 Å². The number of benzene rings is 1. The first-order chi connectivity index (χ1) is 19.5. The van der Waals surface area contributed by atoms with Crippen LogP contribution in [-0.4, -0.2) is 83.5 Å². The molecule has 12 nitrogen and oxygen atoms in total. The fourth-order valence-electron chi connectivity index (χ4n) is 5.35. The number of hydrogen-bond acceptors (Lipinski definition) is 10. The van der Waals surface area contributed by atoms with Crippen molar-refractivity contribution < 1.29 is 23.7 Å². The van der Waals surface area contributed by atoms with Crippen LogP contribution in [0.15, 0.2) is 63.5 Å². The largest absolute Gasteiger partial charge is 0.468 e. The number of aromatic nitrogens is 3. The van der Waals surface area contributed by atoms with Gasteiger partial charge in [0, 0.05) is 24.4 Å². The monoisotopic (exact) mass is 547 g/mol. The molecule has 2 amide bonds. The summed E-state index contributed by atoms with van der Waals surface area (Å²) in [6, 6.07) is 10.1. The van der Waals surface area contributed by atoms with Crippen LogP contribution >= 0.6 is 0 Å². The summed E-state index contributed by atoms with van der Waals surface area (Å²) in [6.45, 7) is 4.99. The Morgan fingerprint density at radius 1 is 1.10 bits per heavy atom. The van der Waals surface area contributed by atoms with Crippen LogP contribution in [0.1, 0.15) is 49.4 Å². The number of carbonyl (C=O) groups is 2. The fraction of sp³-hybridized carbons (Fsp3) is 0.429. The first kappa shape index (κ1) is 27.3. The maximum atomic E-state index is 13.6. The van der Waals surface area contributed by atoms with E-state index in [1.165, 1.54) is 19.1 Å². The summed E-state index contributed by atoms with van der Waals surface area (Å²) in [6.07, 6.45) is 4.76. The summed E-state index contributed by atoms with van der Waals surface area (Å²) >= 11 is 0. The number of ether oxygens (including phenoxy) is 2. The van der Waals surface area contributed by atoms with Crippen molar-refractivity contribution in [1.82, 2.24) is 30.4 Å². The van der Waals surface area contributed by atoms with E-state index in [9.17, 15) is 9.59 Å². The van der Waals surface area contributed by atoms with Gasteiger partial charge in [-0.2, -0.15) is 0 Å². The van der Waals surface area contributed by atoms with Gasteiger partial charge in [0.2, 0.25) is 0 Å². The average molecular weight is 548 g/mol. The molecule has 1 atom stereocenters. The molecule has 0 radical (unpaired) electrons. The lowest BCUT2D eigenvalue weighted by atomic mass is 9.93. The molecule has 2 aliphatic rings. The van der Waals surface area contributed by atoms with Crippen molar-refractivity contribution in [2.75, 3.05) is 40.4 Å². The molecule has 1 fully saturated rings. The van der Waals surface area contributed by atoms with Crippen molar-refractivity contribution >= 4 is 29.1 Å². The highest BCUT2D eigenvalue weighted by molar-refractivity contribution is 6.01. The summed E-state index contributed by atoms with van der Waals surface area (Å²) in [5.41, 5.74) is 3.44. The van der Waals surface area contributed by atoms with E-state index in [0.29, 0.717) is 34.8 Å². The normalized spacial score (nSPS) is 18.5. The van der Waals surface area contributed by atoms with Crippen LogP contribution in [0.4, 0.5) is 4.79 Å². The molecule has 40 heavy (non-hydrogen) atoms. The number of pyridine rings is 1. The van der Waals surface area contributed by atoms with Crippen molar-refractivity contribution in [3.05, 3.63) is 65.1 Å². The molecule has 1 N–H and O–H groups in total. The predicted molar refractivity (Wildman–Crippen MR) is 146 cm³/mol. The Hall–Kier alpha value is -4.32. The highest BCUT2D eigenvalue weighted by Gasteiger charge is 2.41. The number of methoxy groups -OCH3 is 2. The summed E-state index contributed by atoms with van der Waals surface area (Å²) < 4.78 is 15.4. The van der Waals surface area contributed by atoms with Crippen LogP contribution in [-0.2, 0) is 14.3 Å². The first-order valence-electron chi connectivity index (χ1n) is 13.3. The smallest absolute Gasteiger partial charge is 0.338 e.